The van der Waals surface area contributed by atoms with Crippen molar-refractivity contribution >= 4 is 17.5 Å². The number of carbonyl (C=O) groups is 1. The Labute approximate surface area is 132 Å². The average Bonchev–Trinajstić information content (AvgIpc) is 2.49. The van der Waals surface area contributed by atoms with Crippen molar-refractivity contribution in [3.63, 3.8) is 0 Å². The summed E-state index contributed by atoms with van der Waals surface area (Å²) in [7, 11) is 1.73. The fourth-order valence-corrected chi connectivity index (χ4v) is 3.17. The summed E-state index contributed by atoms with van der Waals surface area (Å²) in [6.45, 7) is 4.47. The Bertz CT molecular complexity index is 490. The predicted octanol–water partition coefficient (Wildman–Crippen LogP) is 3.93. The van der Waals surface area contributed by atoms with Crippen LogP contribution in [0.3, 0.4) is 0 Å². The Hall–Kier alpha value is -1.06. The highest BCUT2D eigenvalue weighted by Crippen LogP contribution is 2.24. The Morgan fingerprint density at radius 3 is 3.05 bits per heavy atom. The molecular formula is C17H24ClNO2. The highest BCUT2D eigenvalue weighted by Gasteiger charge is 2.25. The first-order valence-electron chi connectivity index (χ1n) is 7.66. The van der Waals surface area contributed by atoms with Gasteiger partial charge in [-0.1, -0.05) is 17.7 Å². The molecule has 3 nitrogen and oxygen atoms in total. The molecule has 1 atom stereocenters. The quantitative estimate of drug-likeness (QED) is 0.771. The largest absolute Gasteiger partial charge is 0.385 e. The number of amides is 1. The predicted molar refractivity (Wildman–Crippen MR) is 85.9 cm³/mol. The van der Waals surface area contributed by atoms with Gasteiger partial charge in [0.2, 0.25) is 0 Å². The van der Waals surface area contributed by atoms with E-state index in [9.17, 15) is 4.79 Å². The smallest absolute Gasteiger partial charge is 0.254 e. The van der Waals surface area contributed by atoms with E-state index in [1.165, 1.54) is 6.42 Å². The number of nitrogens with zero attached hydrogens (tertiary/aromatic N) is 1. The molecule has 2 rings (SSSR count). The topological polar surface area (TPSA) is 29.5 Å². The number of halogens is 1. The SMILES string of the molecule is COCCC[C@H]1CCCN(C(=O)c2cc(Cl)ccc2C)C1. The molecule has 4 heteroatoms. The van der Waals surface area contributed by atoms with Gasteiger partial charge in [-0.05, 0) is 56.2 Å². The van der Waals surface area contributed by atoms with Crippen LogP contribution in [0.4, 0.5) is 0 Å². The molecule has 1 amide bonds. The molecule has 1 aromatic rings. The molecule has 1 heterocycles. The fourth-order valence-electron chi connectivity index (χ4n) is 3.00. The molecule has 0 aliphatic carbocycles. The summed E-state index contributed by atoms with van der Waals surface area (Å²) in [6, 6.07) is 5.53. The van der Waals surface area contributed by atoms with Gasteiger partial charge in [0.25, 0.3) is 5.91 Å². The van der Waals surface area contributed by atoms with E-state index in [2.05, 4.69) is 0 Å². The van der Waals surface area contributed by atoms with E-state index >= 15 is 0 Å². The van der Waals surface area contributed by atoms with Gasteiger partial charge in [0.05, 0.1) is 0 Å². The average molecular weight is 310 g/mol. The van der Waals surface area contributed by atoms with Crippen molar-refractivity contribution < 1.29 is 9.53 Å². The fraction of sp³-hybridized carbons (Fsp3) is 0.588. The lowest BCUT2D eigenvalue weighted by Crippen LogP contribution is -2.40. The van der Waals surface area contributed by atoms with Gasteiger partial charge in [-0.15, -0.1) is 0 Å². The number of rotatable bonds is 5. The minimum absolute atomic E-state index is 0.117. The lowest BCUT2D eigenvalue weighted by Gasteiger charge is -2.33. The van der Waals surface area contributed by atoms with E-state index in [1.54, 1.807) is 13.2 Å². The van der Waals surface area contributed by atoms with E-state index in [0.717, 1.165) is 50.1 Å². The first-order chi connectivity index (χ1) is 10.1. The van der Waals surface area contributed by atoms with E-state index in [0.29, 0.717) is 10.9 Å². The normalized spacial score (nSPS) is 18.8. The minimum atomic E-state index is 0.117. The number of aryl methyl sites for hydroxylation is 1. The number of piperidine rings is 1. The standard InChI is InChI=1S/C17H24ClNO2/c1-13-7-8-15(18)11-16(13)17(20)19-9-3-5-14(12-19)6-4-10-21-2/h7-8,11,14H,3-6,9-10,12H2,1-2H3/t14-/m1/s1. The maximum atomic E-state index is 12.7. The van der Waals surface area contributed by atoms with E-state index in [-0.39, 0.29) is 5.91 Å². The van der Waals surface area contributed by atoms with Crippen molar-refractivity contribution in [1.29, 1.82) is 0 Å². The van der Waals surface area contributed by atoms with Crippen molar-refractivity contribution in [2.45, 2.75) is 32.6 Å². The Morgan fingerprint density at radius 1 is 1.48 bits per heavy atom. The van der Waals surface area contributed by atoms with Crippen LogP contribution in [0.25, 0.3) is 0 Å². The lowest BCUT2D eigenvalue weighted by atomic mass is 9.93. The number of hydrogen-bond acceptors (Lipinski definition) is 2. The van der Waals surface area contributed by atoms with Crippen molar-refractivity contribution in [3.05, 3.63) is 34.3 Å². The van der Waals surface area contributed by atoms with Crippen molar-refractivity contribution in [1.82, 2.24) is 4.90 Å². The Morgan fingerprint density at radius 2 is 2.29 bits per heavy atom. The highest BCUT2D eigenvalue weighted by molar-refractivity contribution is 6.31. The maximum Gasteiger partial charge on any atom is 0.254 e. The first-order valence-corrected chi connectivity index (χ1v) is 8.04. The Kier molecular flexibility index (Phi) is 6.07. The van der Waals surface area contributed by atoms with Crippen LogP contribution >= 0.6 is 11.6 Å². The molecule has 21 heavy (non-hydrogen) atoms. The number of ether oxygens (including phenoxy) is 1. The van der Waals surface area contributed by atoms with Crippen LogP contribution in [0.2, 0.25) is 5.02 Å². The van der Waals surface area contributed by atoms with Gasteiger partial charge in [-0.3, -0.25) is 4.79 Å². The summed E-state index contributed by atoms with van der Waals surface area (Å²) in [5.74, 6) is 0.712. The molecule has 1 aliphatic rings. The van der Waals surface area contributed by atoms with Gasteiger partial charge in [0.15, 0.2) is 0 Å². The van der Waals surface area contributed by atoms with Crippen LogP contribution in [0.1, 0.15) is 41.6 Å². The number of methoxy groups -OCH3 is 1. The number of carbonyl (C=O) groups excluding carboxylic acids is 1. The molecule has 0 saturated carbocycles. The number of hydrogen-bond donors (Lipinski definition) is 0. The van der Waals surface area contributed by atoms with Crippen LogP contribution in [0, 0.1) is 12.8 Å². The summed E-state index contributed by atoms with van der Waals surface area (Å²) in [6.07, 6.45) is 4.50. The molecular weight excluding hydrogens is 286 g/mol. The third-order valence-corrected chi connectivity index (χ3v) is 4.43. The molecule has 0 N–H and O–H groups in total. The van der Waals surface area contributed by atoms with E-state index < -0.39 is 0 Å². The number of likely N-dealkylation sites (tertiary alicyclic amines) is 1. The second-order valence-corrected chi connectivity index (χ2v) is 6.29. The molecule has 1 fully saturated rings. The van der Waals surface area contributed by atoms with Crippen LogP contribution in [0.5, 0.6) is 0 Å². The van der Waals surface area contributed by atoms with Gasteiger partial charge in [-0.2, -0.15) is 0 Å². The molecule has 1 saturated heterocycles. The molecule has 1 aliphatic heterocycles. The molecule has 0 unspecified atom stereocenters. The first kappa shape index (κ1) is 16.3. The monoisotopic (exact) mass is 309 g/mol. The zero-order valence-electron chi connectivity index (χ0n) is 12.9. The molecule has 0 radical (unpaired) electrons. The zero-order chi connectivity index (χ0) is 15.2. The second kappa shape index (κ2) is 7.81. The third kappa shape index (κ3) is 4.45. The van der Waals surface area contributed by atoms with Crippen molar-refractivity contribution in [2.75, 3.05) is 26.8 Å². The summed E-state index contributed by atoms with van der Waals surface area (Å²) in [5.41, 5.74) is 1.73. The minimum Gasteiger partial charge on any atom is -0.385 e. The Balaban J connectivity index is 2.00. The van der Waals surface area contributed by atoms with Crippen LogP contribution in [0.15, 0.2) is 18.2 Å². The highest BCUT2D eigenvalue weighted by atomic mass is 35.5. The second-order valence-electron chi connectivity index (χ2n) is 5.85. The van der Waals surface area contributed by atoms with Gasteiger partial charge in [0, 0.05) is 37.4 Å². The van der Waals surface area contributed by atoms with Crippen LogP contribution < -0.4 is 0 Å². The molecule has 1 aromatic carbocycles. The van der Waals surface area contributed by atoms with Gasteiger partial charge >= 0.3 is 0 Å². The van der Waals surface area contributed by atoms with Gasteiger partial charge in [0.1, 0.15) is 0 Å². The zero-order valence-corrected chi connectivity index (χ0v) is 13.7. The van der Waals surface area contributed by atoms with E-state index in [1.807, 2.05) is 24.0 Å². The summed E-state index contributed by atoms with van der Waals surface area (Å²) < 4.78 is 5.11. The summed E-state index contributed by atoms with van der Waals surface area (Å²) in [5, 5.41) is 0.623. The van der Waals surface area contributed by atoms with Crippen molar-refractivity contribution in [3.8, 4) is 0 Å². The van der Waals surface area contributed by atoms with Crippen molar-refractivity contribution in [2.24, 2.45) is 5.92 Å². The maximum absolute atomic E-state index is 12.7. The third-order valence-electron chi connectivity index (χ3n) is 4.20. The molecule has 0 spiro atoms. The van der Waals surface area contributed by atoms with Gasteiger partial charge < -0.3 is 9.64 Å². The number of benzene rings is 1. The molecule has 0 aromatic heterocycles. The summed E-state index contributed by atoms with van der Waals surface area (Å²) >= 11 is 6.03. The van der Waals surface area contributed by atoms with E-state index in [4.69, 9.17) is 16.3 Å². The van der Waals surface area contributed by atoms with Crippen LogP contribution in [-0.4, -0.2) is 37.6 Å². The van der Waals surface area contributed by atoms with Crippen LogP contribution in [-0.2, 0) is 4.74 Å². The molecule has 0 bridgehead atoms. The van der Waals surface area contributed by atoms with Gasteiger partial charge in [-0.25, -0.2) is 0 Å². The lowest BCUT2D eigenvalue weighted by molar-refractivity contribution is 0.0660. The summed E-state index contributed by atoms with van der Waals surface area (Å²) in [4.78, 5) is 14.7. The molecule has 116 valence electrons.